The summed E-state index contributed by atoms with van der Waals surface area (Å²) in [6.45, 7) is 2.86. The molecule has 0 saturated heterocycles. The van der Waals surface area contributed by atoms with Crippen LogP contribution in [-0.4, -0.2) is 12.5 Å². The molecule has 0 saturated carbocycles. The van der Waals surface area contributed by atoms with E-state index >= 15 is 0 Å². The van der Waals surface area contributed by atoms with Crippen molar-refractivity contribution < 1.29 is 4.79 Å². The number of nitrogens with two attached hydrogens (primary N) is 1. The smallest absolute Gasteiger partial charge is 0.258 e. The average molecular weight is 266 g/mol. The number of fused-ring (bicyclic) bond motifs is 1. The van der Waals surface area contributed by atoms with Gasteiger partial charge in [0.25, 0.3) is 5.91 Å². The summed E-state index contributed by atoms with van der Waals surface area (Å²) in [5.41, 5.74) is 10.6. The summed E-state index contributed by atoms with van der Waals surface area (Å²) in [7, 11) is 0. The first kappa shape index (κ1) is 12.7. The van der Waals surface area contributed by atoms with E-state index in [1.54, 1.807) is 24.3 Å². The summed E-state index contributed by atoms with van der Waals surface area (Å²) < 4.78 is 0. The normalized spacial score (nSPS) is 13.9. The molecule has 3 nitrogen and oxygen atoms in total. The van der Waals surface area contributed by atoms with Crippen molar-refractivity contribution in [3.8, 4) is 0 Å². The van der Waals surface area contributed by atoms with Crippen LogP contribution in [0, 0.1) is 6.92 Å². The Morgan fingerprint density at radius 3 is 2.65 bits per heavy atom. The Morgan fingerprint density at radius 1 is 1.15 bits per heavy atom. The Morgan fingerprint density at radius 2 is 1.90 bits per heavy atom. The van der Waals surface area contributed by atoms with Crippen molar-refractivity contribution in [2.24, 2.45) is 0 Å². The summed E-state index contributed by atoms with van der Waals surface area (Å²) in [4.78, 5) is 14.5. The lowest BCUT2D eigenvalue weighted by Gasteiger charge is -2.30. The van der Waals surface area contributed by atoms with Gasteiger partial charge in [-0.2, -0.15) is 0 Å². The maximum absolute atomic E-state index is 12.6. The SMILES string of the molecule is Cc1ccc2c(c1)CCCN2C(=O)c1ccc(N)cc1. The molecule has 2 N–H and O–H groups in total. The van der Waals surface area contributed by atoms with E-state index in [0.717, 1.165) is 25.1 Å². The monoisotopic (exact) mass is 266 g/mol. The standard InChI is InChI=1S/C17H18N2O/c1-12-4-9-16-14(11-12)3-2-10-19(16)17(20)13-5-7-15(18)8-6-13/h4-9,11H,2-3,10,18H2,1H3. The third-order valence-corrected chi connectivity index (χ3v) is 3.76. The van der Waals surface area contributed by atoms with Gasteiger partial charge in [0.05, 0.1) is 0 Å². The molecular weight excluding hydrogens is 248 g/mol. The third kappa shape index (κ3) is 2.27. The minimum absolute atomic E-state index is 0.0507. The van der Waals surface area contributed by atoms with Gasteiger partial charge in [-0.1, -0.05) is 17.7 Å². The van der Waals surface area contributed by atoms with Gasteiger partial charge in [0.1, 0.15) is 0 Å². The van der Waals surface area contributed by atoms with Crippen LogP contribution in [0.2, 0.25) is 0 Å². The van der Waals surface area contributed by atoms with Gasteiger partial charge in [0.2, 0.25) is 0 Å². The molecule has 0 fully saturated rings. The van der Waals surface area contributed by atoms with Crippen LogP contribution in [0.4, 0.5) is 11.4 Å². The molecule has 2 aromatic rings. The summed E-state index contributed by atoms with van der Waals surface area (Å²) in [6, 6.07) is 13.4. The third-order valence-electron chi connectivity index (χ3n) is 3.76. The molecule has 3 heteroatoms. The largest absolute Gasteiger partial charge is 0.399 e. The molecule has 0 bridgehead atoms. The number of hydrogen-bond donors (Lipinski definition) is 1. The molecule has 0 radical (unpaired) electrons. The molecule has 0 aliphatic carbocycles. The van der Waals surface area contributed by atoms with Crippen molar-refractivity contribution in [2.45, 2.75) is 19.8 Å². The first-order valence-corrected chi connectivity index (χ1v) is 6.92. The van der Waals surface area contributed by atoms with E-state index in [1.807, 2.05) is 4.90 Å². The van der Waals surface area contributed by atoms with Crippen molar-refractivity contribution in [3.05, 3.63) is 59.2 Å². The first-order valence-electron chi connectivity index (χ1n) is 6.92. The van der Waals surface area contributed by atoms with Crippen LogP contribution in [0.25, 0.3) is 0 Å². The van der Waals surface area contributed by atoms with E-state index in [-0.39, 0.29) is 5.91 Å². The molecule has 0 atom stereocenters. The van der Waals surface area contributed by atoms with E-state index in [4.69, 9.17) is 5.73 Å². The maximum atomic E-state index is 12.6. The Balaban J connectivity index is 1.96. The number of amides is 1. The number of benzene rings is 2. The predicted molar refractivity (Wildman–Crippen MR) is 82.0 cm³/mol. The number of aryl methyl sites for hydroxylation is 2. The lowest BCUT2D eigenvalue weighted by Crippen LogP contribution is -2.35. The number of hydrogen-bond acceptors (Lipinski definition) is 2. The number of rotatable bonds is 1. The van der Waals surface area contributed by atoms with Crippen molar-refractivity contribution in [2.75, 3.05) is 17.2 Å². The van der Waals surface area contributed by atoms with Gasteiger partial charge in [0.15, 0.2) is 0 Å². The number of nitrogen functional groups attached to an aromatic ring is 1. The van der Waals surface area contributed by atoms with Gasteiger partial charge in [-0.25, -0.2) is 0 Å². The van der Waals surface area contributed by atoms with Crippen LogP contribution in [-0.2, 0) is 6.42 Å². The zero-order chi connectivity index (χ0) is 14.1. The molecule has 0 unspecified atom stereocenters. The van der Waals surface area contributed by atoms with Crippen molar-refractivity contribution in [1.29, 1.82) is 0 Å². The van der Waals surface area contributed by atoms with Crippen molar-refractivity contribution in [3.63, 3.8) is 0 Å². The van der Waals surface area contributed by atoms with E-state index in [0.29, 0.717) is 11.3 Å². The Bertz CT molecular complexity index is 647. The van der Waals surface area contributed by atoms with Crippen molar-refractivity contribution in [1.82, 2.24) is 0 Å². The highest BCUT2D eigenvalue weighted by Gasteiger charge is 2.23. The van der Waals surface area contributed by atoms with E-state index in [1.165, 1.54) is 11.1 Å². The van der Waals surface area contributed by atoms with Crippen molar-refractivity contribution >= 4 is 17.3 Å². The second kappa shape index (κ2) is 5.00. The molecule has 1 heterocycles. The maximum Gasteiger partial charge on any atom is 0.258 e. The minimum atomic E-state index is 0.0507. The Labute approximate surface area is 119 Å². The lowest BCUT2D eigenvalue weighted by molar-refractivity contribution is 0.0985. The van der Waals surface area contributed by atoms with Crippen LogP contribution in [0.3, 0.4) is 0 Å². The van der Waals surface area contributed by atoms with E-state index < -0.39 is 0 Å². The summed E-state index contributed by atoms with van der Waals surface area (Å²) >= 11 is 0. The van der Waals surface area contributed by atoms with Gasteiger partial charge in [-0.05, 0) is 55.7 Å². The van der Waals surface area contributed by atoms with Gasteiger partial charge in [-0.15, -0.1) is 0 Å². The minimum Gasteiger partial charge on any atom is -0.399 e. The van der Waals surface area contributed by atoms with Gasteiger partial charge >= 0.3 is 0 Å². The molecular formula is C17H18N2O. The highest BCUT2D eigenvalue weighted by atomic mass is 16.2. The quantitative estimate of drug-likeness (QED) is 0.806. The highest BCUT2D eigenvalue weighted by molar-refractivity contribution is 6.06. The van der Waals surface area contributed by atoms with Crippen LogP contribution < -0.4 is 10.6 Å². The highest BCUT2D eigenvalue weighted by Crippen LogP contribution is 2.29. The van der Waals surface area contributed by atoms with Crippen LogP contribution >= 0.6 is 0 Å². The summed E-state index contributed by atoms with van der Waals surface area (Å²) in [6.07, 6.45) is 2.06. The van der Waals surface area contributed by atoms with Crippen LogP contribution in [0.5, 0.6) is 0 Å². The second-order valence-corrected chi connectivity index (χ2v) is 5.31. The van der Waals surface area contributed by atoms with Gasteiger partial charge < -0.3 is 10.6 Å². The molecule has 2 aromatic carbocycles. The molecule has 1 aliphatic heterocycles. The molecule has 102 valence electrons. The Hall–Kier alpha value is -2.29. The topological polar surface area (TPSA) is 46.3 Å². The van der Waals surface area contributed by atoms with E-state index in [9.17, 15) is 4.79 Å². The molecule has 1 amide bonds. The zero-order valence-corrected chi connectivity index (χ0v) is 11.6. The number of carbonyl (C=O) groups is 1. The predicted octanol–water partition coefficient (Wildman–Crippen LogP) is 3.17. The Kier molecular flexibility index (Phi) is 3.18. The van der Waals surface area contributed by atoms with Gasteiger partial charge in [0, 0.05) is 23.5 Å². The van der Waals surface area contributed by atoms with Crippen LogP contribution in [0.15, 0.2) is 42.5 Å². The molecule has 1 aliphatic rings. The zero-order valence-electron chi connectivity index (χ0n) is 11.6. The summed E-state index contributed by atoms with van der Waals surface area (Å²) in [5, 5.41) is 0. The van der Waals surface area contributed by atoms with E-state index in [2.05, 4.69) is 25.1 Å². The average Bonchev–Trinajstić information content (AvgIpc) is 2.46. The lowest BCUT2D eigenvalue weighted by atomic mass is 9.99. The fraction of sp³-hybridized carbons (Fsp3) is 0.235. The molecule has 20 heavy (non-hydrogen) atoms. The molecule has 0 spiro atoms. The fourth-order valence-corrected chi connectivity index (χ4v) is 2.72. The molecule has 0 aromatic heterocycles. The van der Waals surface area contributed by atoms with Gasteiger partial charge in [-0.3, -0.25) is 4.79 Å². The van der Waals surface area contributed by atoms with Crippen LogP contribution in [0.1, 0.15) is 27.9 Å². The number of nitrogens with zero attached hydrogens (tertiary/aromatic N) is 1. The first-order chi connectivity index (χ1) is 9.65. The second-order valence-electron chi connectivity index (χ2n) is 5.31. The number of anilines is 2. The molecule has 3 rings (SSSR count). The summed E-state index contributed by atoms with van der Waals surface area (Å²) in [5.74, 6) is 0.0507. The fourth-order valence-electron chi connectivity index (χ4n) is 2.72. The number of carbonyl (C=O) groups excluding carboxylic acids is 1.